The van der Waals surface area contributed by atoms with Crippen LogP contribution < -0.4 is 4.90 Å². The Balaban J connectivity index is 1.33. The van der Waals surface area contributed by atoms with Crippen LogP contribution >= 0.6 is 11.6 Å². The van der Waals surface area contributed by atoms with Crippen molar-refractivity contribution in [3.8, 4) is 11.5 Å². The van der Waals surface area contributed by atoms with Crippen molar-refractivity contribution in [2.45, 2.75) is 24.9 Å². The molecule has 32 heavy (non-hydrogen) atoms. The molecule has 0 amide bonds. The molecule has 1 aliphatic heterocycles. The number of aromatic nitrogens is 4. The van der Waals surface area contributed by atoms with Gasteiger partial charge in [0, 0.05) is 47.0 Å². The fourth-order valence-electron chi connectivity index (χ4n) is 4.04. The highest BCUT2D eigenvalue weighted by molar-refractivity contribution is 6.31. The fraction of sp³-hybridized carbons (Fsp3) is 0.273. The van der Waals surface area contributed by atoms with Gasteiger partial charge in [0.15, 0.2) is 0 Å². The Bertz CT molecular complexity index is 1270. The smallest absolute Gasteiger partial charge is 0.371 e. The molecular formula is C22H17ClF3N5O. The van der Waals surface area contributed by atoms with Gasteiger partial charge in [0.2, 0.25) is 5.82 Å². The summed E-state index contributed by atoms with van der Waals surface area (Å²) < 4.78 is 42.6. The van der Waals surface area contributed by atoms with Crippen LogP contribution in [0.2, 0.25) is 5.02 Å². The molecule has 0 N–H and O–H groups in total. The van der Waals surface area contributed by atoms with Crippen LogP contribution in [-0.4, -0.2) is 33.2 Å². The minimum Gasteiger partial charge on any atom is -0.371 e. The number of anilines is 1. The second-order valence-corrected chi connectivity index (χ2v) is 8.06. The van der Waals surface area contributed by atoms with Crippen molar-refractivity contribution in [1.29, 1.82) is 0 Å². The average molecular weight is 460 g/mol. The minimum atomic E-state index is -4.68. The fourth-order valence-corrected chi connectivity index (χ4v) is 4.21. The summed E-state index contributed by atoms with van der Waals surface area (Å²) in [6.07, 6.45) is -1.19. The van der Waals surface area contributed by atoms with E-state index in [9.17, 15) is 13.2 Å². The summed E-state index contributed by atoms with van der Waals surface area (Å²) in [5, 5.41) is 5.13. The standard InChI is InChI=1S/C22H17ClF3N5O/c23-14-4-5-15-18(12-14)27-9-6-19(15)31-10-7-13(8-11-31)16-2-1-3-17(28-16)20-29-21(32-30-20)22(24,25)26/h1-6,9,12-13H,7-8,10-11H2. The number of benzene rings is 1. The molecule has 4 aromatic rings. The van der Waals surface area contributed by atoms with Crippen LogP contribution in [-0.2, 0) is 6.18 Å². The largest absolute Gasteiger partial charge is 0.471 e. The van der Waals surface area contributed by atoms with E-state index in [2.05, 4.69) is 29.5 Å². The molecule has 1 aliphatic rings. The summed E-state index contributed by atoms with van der Waals surface area (Å²) in [7, 11) is 0. The number of rotatable bonds is 3. The maximum Gasteiger partial charge on any atom is 0.471 e. The van der Waals surface area contributed by atoms with Crippen LogP contribution in [0.5, 0.6) is 0 Å². The highest BCUT2D eigenvalue weighted by Crippen LogP contribution is 2.34. The highest BCUT2D eigenvalue weighted by Gasteiger charge is 2.38. The predicted molar refractivity (Wildman–Crippen MR) is 113 cm³/mol. The number of hydrogen-bond acceptors (Lipinski definition) is 6. The van der Waals surface area contributed by atoms with Crippen molar-refractivity contribution in [2.75, 3.05) is 18.0 Å². The zero-order valence-corrected chi connectivity index (χ0v) is 17.4. The zero-order chi connectivity index (χ0) is 22.3. The van der Waals surface area contributed by atoms with Gasteiger partial charge in [-0.2, -0.15) is 18.2 Å². The molecule has 1 saturated heterocycles. The van der Waals surface area contributed by atoms with Crippen molar-refractivity contribution in [1.82, 2.24) is 20.1 Å². The van der Waals surface area contributed by atoms with Gasteiger partial charge in [0.25, 0.3) is 0 Å². The first kappa shape index (κ1) is 20.7. The van der Waals surface area contributed by atoms with Crippen molar-refractivity contribution >= 4 is 28.2 Å². The van der Waals surface area contributed by atoms with E-state index in [1.807, 2.05) is 30.3 Å². The third-order valence-corrected chi connectivity index (χ3v) is 5.84. The van der Waals surface area contributed by atoms with Crippen LogP contribution in [0.4, 0.5) is 18.9 Å². The molecule has 1 fully saturated rings. The third-order valence-electron chi connectivity index (χ3n) is 5.60. The highest BCUT2D eigenvalue weighted by atomic mass is 35.5. The Kier molecular flexibility index (Phi) is 5.21. The van der Waals surface area contributed by atoms with E-state index < -0.39 is 12.1 Å². The Morgan fingerprint density at radius 3 is 2.59 bits per heavy atom. The zero-order valence-electron chi connectivity index (χ0n) is 16.7. The number of alkyl halides is 3. The molecule has 0 atom stereocenters. The number of nitrogens with zero attached hydrogens (tertiary/aromatic N) is 5. The molecule has 0 unspecified atom stereocenters. The summed E-state index contributed by atoms with van der Waals surface area (Å²) in [6.45, 7) is 1.64. The van der Waals surface area contributed by atoms with Crippen LogP contribution in [0.3, 0.4) is 0 Å². The summed E-state index contributed by atoms with van der Waals surface area (Å²) in [6, 6.07) is 12.9. The molecule has 10 heteroatoms. The molecule has 0 bridgehead atoms. The molecule has 164 valence electrons. The number of halogens is 4. The van der Waals surface area contributed by atoms with Gasteiger partial charge in [-0.05, 0) is 49.2 Å². The van der Waals surface area contributed by atoms with E-state index in [1.165, 1.54) is 0 Å². The van der Waals surface area contributed by atoms with Gasteiger partial charge in [0.05, 0.1) is 5.52 Å². The Morgan fingerprint density at radius 2 is 1.84 bits per heavy atom. The van der Waals surface area contributed by atoms with E-state index in [0.717, 1.165) is 48.2 Å². The summed E-state index contributed by atoms with van der Waals surface area (Å²) in [5.41, 5.74) is 3.04. The van der Waals surface area contributed by atoms with Gasteiger partial charge in [-0.1, -0.05) is 22.8 Å². The molecule has 0 saturated carbocycles. The number of piperidine rings is 1. The average Bonchev–Trinajstić information content (AvgIpc) is 3.30. The van der Waals surface area contributed by atoms with E-state index in [1.54, 1.807) is 18.3 Å². The first-order valence-corrected chi connectivity index (χ1v) is 10.4. The third kappa shape index (κ3) is 4.00. The SMILES string of the molecule is FC(F)(F)c1nc(-c2cccc(C3CCN(c4ccnc5cc(Cl)ccc45)CC3)n2)no1. The lowest BCUT2D eigenvalue weighted by Gasteiger charge is -2.34. The van der Waals surface area contributed by atoms with Gasteiger partial charge in [-0.15, -0.1) is 0 Å². The monoisotopic (exact) mass is 459 g/mol. The Morgan fingerprint density at radius 1 is 1.03 bits per heavy atom. The molecule has 4 heterocycles. The second kappa shape index (κ2) is 8.05. The maximum absolute atomic E-state index is 12.7. The number of pyridine rings is 2. The lowest BCUT2D eigenvalue weighted by atomic mass is 9.92. The summed E-state index contributed by atoms with van der Waals surface area (Å²) >= 11 is 6.09. The van der Waals surface area contributed by atoms with Crippen molar-refractivity contribution in [2.24, 2.45) is 0 Å². The molecule has 6 nitrogen and oxygen atoms in total. The Hall–Kier alpha value is -3.20. The molecular weight excluding hydrogens is 443 g/mol. The Labute approximate surface area is 186 Å². The summed E-state index contributed by atoms with van der Waals surface area (Å²) in [5.74, 6) is -1.36. The summed E-state index contributed by atoms with van der Waals surface area (Å²) in [4.78, 5) is 14.7. The second-order valence-electron chi connectivity index (χ2n) is 7.62. The molecule has 5 rings (SSSR count). The first-order valence-electron chi connectivity index (χ1n) is 10.1. The lowest BCUT2D eigenvalue weighted by Crippen LogP contribution is -2.33. The predicted octanol–water partition coefficient (Wildman–Crippen LogP) is 5.74. The van der Waals surface area contributed by atoms with E-state index in [0.29, 0.717) is 5.02 Å². The molecule has 0 radical (unpaired) electrons. The maximum atomic E-state index is 12.7. The topological polar surface area (TPSA) is 67.9 Å². The van der Waals surface area contributed by atoms with E-state index in [-0.39, 0.29) is 17.4 Å². The molecule has 1 aromatic carbocycles. The van der Waals surface area contributed by atoms with Crippen LogP contribution in [0.1, 0.15) is 30.3 Å². The quantitative estimate of drug-likeness (QED) is 0.389. The van der Waals surface area contributed by atoms with Crippen molar-refractivity contribution in [3.63, 3.8) is 0 Å². The first-order chi connectivity index (χ1) is 15.4. The normalized spacial score (nSPS) is 15.4. The van der Waals surface area contributed by atoms with Gasteiger partial charge in [-0.25, -0.2) is 4.98 Å². The van der Waals surface area contributed by atoms with E-state index in [4.69, 9.17) is 11.6 Å². The lowest BCUT2D eigenvalue weighted by molar-refractivity contribution is -0.159. The number of fused-ring (bicyclic) bond motifs is 1. The van der Waals surface area contributed by atoms with Crippen molar-refractivity contribution < 1.29 is 17.7 Å². The molecule has 0 aliphatic carbocycles. The van der Waals surface area contributed by atoms with E-state index >= 15 is 0 Å². The van der Waals surface area contributed by atoms with Gasteiger partial charge in [-0.3, -0.25) is 4.98 Å². The van der Waals surface area contributed by atoms with Crippen LogP contribution in [0.25, 0.3) is 22.4 Å². The number of hydrogen-bond donors (Lipinski definition) is 0. The molecule has 0 spiro atoms. The van der Waals surface area contributed by atoms with Crippen LogP contribution in [0, 0.1) is 0 Å². The van der Waals surface area contributed by atoms with Gasteiger partial charge in [0.1, 0.15) is 5.69 Å². The van der Waals surface area contributed by atoms with Gasteiger partial charge >= 0.3 is 12.1 Å². The van der Waals surface area contributed by atoms with Gasteiger partial charge < -0.3 is 9.42 Å². The minimum absolute atomic E-state index is 0.168. The molecule has 3 aromatic heterocycles. The van der Waals surface area contributed by atoms with Crippen molar-refractivity contribution in [3.05, 3.63) is 65.3 Å². The van der Waals surface area contributed by atoms with Crippen LogP contribution in [0.15, 0.2) is 53.2 Å².